The molecule has 3 rings (SSSR count). The molecule has 0 spiro atoms. The van der Waals surface area contributed by atoms with Crippen molar-refractivity contribution >= 4 is 17.8 Å². The van der Waals surface area contributed by atoms with Crippen LogP contribution >= 0.6 is 0 Å². The normalized spacial score (nSPS) is 24.3. The van der Waals surface area contributed by atoms with E-state index >= 15 is 0 Å². The van der Waals surface area contributed by atoms with Gasteiger partial charge in [0.1, 0.15) is 0 Å². The lowest BCUT2D eigenvalue weighted by Crippen LogP contribution is -2.55. The van der Waals surface area contributed by atoms with Gasteiger partial charge in [0, 0.05) is 51.7 Å². The highest BCUT2D eigenvalue weighted by molar-refractivity contribution is 5.87. The minimum Gasteiger partial charge on any atom is -0.339 e. The predicted molar refractivity (Wildman–Crippen MR) is 98.4 cm³/mol. The second-order valence-electron chi connectivity index (χ2n) is 8.02. The number of nitrogens with zero attached hydrogens (tertiary/aromatic N) is 4. The zero-order valence-electron chi connectivity index (χ0n) is 15.9. The summed E-state index contributed by atoms with van der Waals surface area (Å²) in [5.41, 5.74) is 0. The van der Waals surface area contributed by atoms with Gasteiger partial charge in [0.25, 0.3) is 0 Å². The molecule has 3 saturated heterocycles. The van der Waals surface area contributed by atoms with Gasteiger partial charge in [-0.25, -0.2) is 4.79 Å². The van der Waals surface area contributed by atoms with E-state index in [-0.39, 0.29) is 29.8 Å². The summed E-state index contributed by atoms with van der Waals surface area (Å²) in [5, 5.41) is 0. The Morgan fingerprint density at radius 3 is 2.42 bits per heavy atom. The van der Waals surface area contributed by atoms with Crippen LogP contribution in [0, 0.1) is 11.8 Å². The Labute approximate surface area is 155 Å². The summed E-state index contributed by atoms with van der Waals surface area (Å²) < 4.78 is 0. The molecule has 7 heteroatoms. The molecule has 1 unspecified atom stereocenters. The third-order valence-corrected chi connectivity index (χ3v) is 5.66. The van der Waals surface area contributed by atoms with Gasteiger partial charge in [-0.15, -0.1) is 0 Å². The summed E-state index contributed by atoms with van der Waals surface area (Å²) in [6.07, 6.45) is 2.75. The minimum atomic E-state index is -0.0563. The second kappa shape index (κ2) is 7.68. The van der Waals surface area contributed by atoms with Gasteiger partial charge in [-0.1, -0.05) is 20.4 Å². The summed E-state index contributed by atoms with van der Waals surface area (Å²) in [5.74, 6) is 0.560. The third kappa shape index (κ3) is 3.71. The van der Waals surface area contributed by atoms with Gasteiger partial charge in [0.15, 0.2) is 0 Å². The number of urea groups is 1. The van der Waals surface area contributed by atoms with E-state index in [1.807, 2.05) is 14.7 Å². The molecule has 3 aliphatic rings. The van der Waals surface area contributed by atoms with Gasteiger partial charge in [-0.05, 0) is 24.8 Å². The van der Waals surface area contributed by atoms with Crippen LogP contribution in [0.1, 0.15) is 26.7 Å². The molecule has 26 heavy (non-hydrogen) atoms. The molecule has 3 aliphatic heterocycles. The van der Waals surface area contributed by atoms with Crippen LogP contribution in [0.25, 0.3) is 0 Å². The number of piperazine rings is 1. The lowest BCUT2D eigenvalue weighted by Gasteiger charge is -2.39. The second-order valence-corrected chi connectivity index (χ2v) is 8.02. The lowest BCUT2D eigenvalue weighted by atomic mass is 9.94. The SMILES string of the molecule is C=CC(=O)N1CCC(C(=O)N2CCN3C(=O)N(CC(C)C)CC3C2)CC1. The Hall–Kier alpha value is -2.05. The fraction of sp³-hybridized carbons (Fsp3) is 0.737. The van der Waals surface area contributed by atoms with Crippen LogP contribution in [0.2, 0.25) is 0 Å². The molecule has 7 nitrogen and oxygen atoms in total. The zero-order chi connectivity index (χ0) is 18.8. The maximum absolute atomic E-state index is 12.9. The average molecular weight is 362 g/mol. The Balaban J connectivity index is 1.54. The summed E-state index contributed by atoms with van der Waals surface area (Å²) in [4.78, 5) is 44.6. The first-order chi connectivity index (χ1) is 12.4. The first kappa shape index (κ1) is 18.7. The number of fused-ring (bicyclic) bond motifs is 1. The number of rotatable bonds is 4. The summed E-state index contributed by atoms with van der Waals surface area (Å²) in [7, 11) is 0. The van der Waals surface area contributed by atoms with E-state index in [9.17, 15) is 14.4 Å². The molecule has 0 aromatic rings. The van der Waals surface area contributed by atoms with Crippen molar-refractivity contribution in [1.82, 2.24) is 19.6 Å². The molecule has 0 radical (unpaired) electrons. The van der Waals surface area contributed by atoms with Crippen molar-refractivity contribution < 1.29 is 14.4 Å². The Kier molecular flexibility index (Phi) is 5.53. The fourth-order valence-electron chi connectivity index (χ4n) is 4.31. The molecule has 3 fully saturated rings. The van der Waals surface area contributed by atoms with Crippen LogP contribution < -0.4 is 0 Å². The van der Waals surface area contributed by atoms with E-state index < -0.39 is 0 Å². The number of hydrogen-bond donors (Lipinski definition) is 0. The molecular formula is C19H30N4O3. The minimum absolute atomic E-state index is 0.0145. The molecule has 0 bridgehead atoms. The number of carbonyl (C=O) groups is 3. The first-order valence-electron chi connectivity index (χ1n) is 9.66. The molecule has 3 heterocycles. The zero-order valence-corrected chi connectivity index (χ0v) is 15.9. The van der Waals surface area contributed by atoms with Crippen LogP contribution in [0.3, 0.4) is 0 Å². The van der Waals surface area contributed by atoms with Crippen molar-refractivity contribution in [2.24, 2.45) is 11.8 Å². The summed E-state index contributed by atoms with van der Waals surface area (Å²) in [6, 6.07) is 0.230. The molecule has 0 aromatic heterocycles. The number of piperidine rings is 1. The highest BCUT2D eigenvalue weighted by atomic mass is 16.2. The summed E-state index contributed by atoms with van der Waals surface area (Å²) >= 11 is 0. The van der Waals surface area contributed by atoms with Gasteiger partial charge < -0.3 is 19.6 Å². The van der Waals surface area contributed by atoms with Crippen LogP contribution in [-0.4, -0.2) is 89.3 Å². The lowest BCUT2D eigenvalue weighted by molar-refractivity contribution is -0.141. The van der Waals surface area contributed by atoms with Gasteiger partial charge in [-0.2, -0.15) is 0 Å². The predicted octanol–water partition coefficient (Wildman–Crippen LogP) is 1.02. The third-order valence-electron chi connectivity index (χ3n) is 5.66. The monoisotopic (exact) mass is 362 g/mol. The van der Waals surface area contributed by atoms with Crippen LogP contribution in [0.4, 0.5) is 4.79 Å². The maximum atomic E-state index is 12.9. The number of amides is 4. The van der Waals surface area contributed by atoms with Crippen LogP contribution in [-0.2, 0) is 9.59 Å². The van der Waals surface area contributed by atoms with Crippen molar-refractivity contribution in [3.8, 4) is 0 Å². The van der Waals surface area contributed by atoms with Crippen molar-refractivity contribution in [2.75, 3.05) is 45.8 Å². The molecule has 144 valence electrons. The average Bonchev–Trinajstić information content (AvgIpc) is 2.95. The van der Waals surface area contributed by atoms with Gasteiger partial charge in [0.2, 0.25) is 11.8 Å². The van der Waals surface area contributed by atoms with Crippen LogP contribution in [0.15, 0.2) is 12.7 Å². The Morgan fingerprint density at radius 2 is 1.81 bits per heavy atom. The van der Waals surface area contributed by atoms with Gasteiger partial charge in [0.05, 0.1) is 6.04 Å². The van der Waals surface area contributed by atoms with E-state index in [1.54, 1.807) is 4.90 Å². The molecule has 0 N–H and O–H groups in total. The van der Waals surface area contributed by atoms with E-state index in [2.05, 4.69) is 20.4 Å². The Bertz CT molecular complexity index is 583. The fourth-order valence-corrected chi connectivity index (χ4v) is 4.31. The van der Waals surface area contributed by atoms with Crippen molar-refractivity contribution in [3.05, 3.63) is 12.7 Å². The molecule has 1 atom stereocenters. The Morgan fingerprint density at radius 1 is 1.12 bits per heavy atom. The van der Waals surface area contributed by atoms with E-state index in [0.29, 0.717) is 58.0 Å². The molecular weight excluding hydrogens is 332 g/mol. The molecule has 0 aromatic carbocycles. The van der Waals surface area contributed by atoms with Gasteiger partial charge in [-0.3, -0.25) is 9.59 Å². The quantitative estimate of drug-likeness (QED) is 0.702. The topological polar surface area (TPSA) is 64.2 Å². The number of carbonyl (C=O) groups excluding carboxylic acids is 3. The van der Waals surface area contributed by atoms with Gasteiger partial charge >= 0.3 is 6.03 Å². The largest absolute Gasteiger partial charge is 0.339 e. The number of likely N-dealkylation sites (tertiary alicyclic amines) is 1. The van der Waals surface area contributed by atoms with Crippen molar-refractivity contribution in [3.63, 3.8) is 0 Å². The maximum Gasteiger partial charge on any atom is 0.320 e. The van der Waals surface area contributed by atoms with E-state index in [1.165, 1.54) is 6.08 Å². The molecule has 4 amide bonds. The summed E-state index contributed by atoms with van der Waals surface area (Å²) in [6.45, 7) is 12.3. The van der Waals surface area contributed by atoms with Crippen molar-refractivity contribution in [1.29, 1.82) is 0 Å². The highest BCUT2D eigenvalue weighted by Gasteiger charge is 2.42. The first-order valence-corrected chi connectivity index (χ1v) is 9.66. The molecule has 0 saturated carbocycles. The standard InChI is InChI=1S/C19H30N4O3/c1-4-17(24)20-7-5-15(6-8-20)18(25)21-9-10-23-16(12-21)13-22(19(23)26)11-14(2)3/h4,14-16H,1,5-13H2,2-3H3. The van der Waals surface area contributed by atoms with Crippen molar-refractivity contribution in [2.45, 2.75) is 32.7 Å². The van der Waals surface area contributed by atoms with E-state index in [0.717, 1.165) is 6.54 Å². The smallest absolute Gasteiger partial charge is 0.320 e. The van der Waals surface area contributed by atoms with Crippen LogP contribution in [0.5, 0.6) is 0 Å². The highest BCUT2D eigenvalue weighted by Crippen LogP contribution is 2.25. The number of hydrogen-bond acceptors (Lipinski definition) is 3. The van der Waals surface area contributed by atoms with E-state index in [4.69, 9.17) is 0 Å². The molecule has 0 aliphatic carbocycles.